The van der Waals surface area contributed by atoms with Crippen LogP contribution in [0.25, 0.3) is 0 Å². The van der Waals surface area contributed by atoms with E-state index in [2.05, 4.69) is 10.4 Å². The summed E-state index contributed by atoms with van der Waals surface area (Å²) in [6, 6.07) is 1.64. The first-order valence-corrected chi connectivity index (χ1v) is 5.84. The highest BCUT2D eigenvalue weighted by Gasteiger charge is 2.52. The van der Waals surface area contributed by atoms with Crippen molar-refractivity contribution < 1.29 is 9.53 Å². The highest BCUT2D eigenvalue weighted by atomic mass is 16.5. The van der Waals surface area contributed by atoms with E-state index in [9.17, 15) is 4.79 Å². The zero-order chi connectivity index (χ0) is 12.0. The molecule has 1 aromatic heterocycles. The molecular formula is C11H16N4O2. The molecule has 92 valence electrons. The molecule has 2 heterocycles. The lowest BCUT2D eigenvalue weighted by molar-refractivity contribution is -0.0162. The van der Waals surface area contributed by atoms with Gasteiger partial charge in [0.25, 0.3) is 5.91 Å². The Balaban J connectivity index is 1.68. The van der Waals surface area contributed by atoms with Crippen LogP contribution in [0.3, 0.4) is 0 Å². The molecule has 1 amide bonds. The van der Waals surface area contributed by atoms with Crippen LogP contribution in [0.4, 0.5) is 0 Å². The number of carbonyl (C=O) groups is 1. The molecule has 0 radical (unpaired) electrons. The first-order chi connectivity index (χ1) is 8.18. The Morgan fingerprint density at radius 3 is 3.24 bits per heavy atom. The second-order valence-electron chi connectivity index (χ2n) is 4.70. The van der Waals surface area contributed by atoms with E-state index in [1.54, 1.807) is 24.0 Å². The summed E-state index contributed by atoms with van der Waals surface area (Å²) in [4.78, 5) is 12.0. The van der Waals surface area contributed by atoms with Gasteiger partial charge in [0, 0.05) is 31.8 Å². The van der Waals surface area contributed by atoms with Crippen molar-refractivity contribution in [2.45, 2.75) is 24.6 Å². The van der Waals surface area contributed by atoms with Crippen LogP contribution in [0.5, 0.6) is 0 Å². The van der Waals surface area contributed by atoms with Gasteiger partial charge in [-0.3, -0.25) is 9.48 Å². The van der Waals surface area contributed by atoms with Crippen molar-refractivity contribution in [1.82, 2.24) is 15.1 Å². The summed E-state index contributed by atoms with van der Waals surface area (Å²) in [6.07, 6.45) is 2.70. The third-order valence-electron chi connectivity index (χ3n) is 3.80. The second kappa shape index (κ2) is 3.82. The Labute approximate surface area is 99.1 Å². The van der Waals surface area contributed by atoms with Crippen LogP contribution < -0.4 is 11.1 Å². The fourth-order valence-corrected chi connectivity index (χ4v) is 2.75. The molecule has 6 nitrogen and oxygen atoms in total. The molecule has 1 aromatic rings. The van der Waals surface area contributed by atoms with Crippen LogP contribution in [0.15, 0.2) is 12.3 Å². The molecular weight excluding hydrogens is 220 g/mol. The quantitative estimate of drug-likeness (QED) is 0.709. The molecule has 1 saturated carbocycles. The molecule has 3 N–H and O–H groups in total. The van der Waals surface area contributed by atoms with Gasteiger partial charge in [-0.15, -0.1) is 0 Å². The van der Waals surface area contributed by atoms with Gasteiger partial charge in [0.15, 0.2) is 0 Å². The molecule has 17 heavy (non-hydrogen) atoms. The Kier molecular flexibility index (Phi) is 2.41. The van der Waals surface area contributed by atoms with E-state index in [-0.39, 0.29) is 24.1 Å². The minimum Gasteiger partial charge on any atom is -0.376 e. The zero-order valence-corrected chi connectivity index (χ0v) is 9.67. The summed E-state index contributed by atoms with van der Waals surface area (Å²) in [7, 11) is 1.74. The summed E-state index contributed by atoms with van der Waals surface area (Å²) in [5, 5.41) is 6.90. The number of fused-ring (bicyclic) bond motifs is 1. The number of aryl methyl sites for hydroxylation is 1. The highest BCUT2D eigenvalue weighted by Crippen LogP contribution is 2.37. The monoisotopic (exact) mass is 236 g/mol. The van der Waals surface area contributed by atoms with Crippen molar-refractivity contribution >= 4 is 5.91 Å². The molecule has 1 aliphatic heterocycles. The highest BCUT2D eigenvalue weighted by molar-refractivity contribution is 5.92. The Bertz CT molecular complexity index is 444. The van der Waals surface area contributed by atoms with Gasteiger partial charge in [0.2, 0.25) is 0 Å². The van der Waals surface area contributed by atoms with E-state index >= 15 is 0 Å². The number of nitrogens with two attached hydrogens (primary N) is 1. The number of carbonyl (C=O) groups excluding carboxylic acids is 1. The van der Waals surface area contributed by atoms with Crippen LogP contribution in [-0.2, 0) is 11.8 Å². The Hall–Kier alpha value is -1.40. The van der Waals surface area contributed by atoms with Crippen molar-refractivity contribution in [2.75, 3.05) is 6.61 Å². The molecule has 0 spiro atoms. The minimum absolute atomic E-state index is 0.0136. The molecule has 1 aliphatic carbocycles. The van der Waals surface area contributed by atoms with Crippen molar-refractivity contribution in [2.24, 2.45) is 18.7 Å². The number of aromatic nitrogens is 2. The maximum atomic E-state index is 12.0. The van der Waals surface area contributed by atoms with Crippen molar-refractivity contribution in [3.8, 4) is 0 Å². The van der Waals surface area contributed by atoms with Crippen LogP contribution in [-0.4, -0.2) is 40.5 Å². The summed E-state index contributed by atoms with van der Waals surface area (Å²) < 4.78 is 7.11. The van der Waals surface area contributed by atoms with Gasteiger partial charge in [-0.25, -0.2) is 0 Å². The second-order valence-corrected chi connectivity index (χ2v) is 4.70. The number of rotatable bonds is 2. The van der Waals surface area contributed by atoms with E-state index in [1.807, 2.05) is 0 Å². The van der Waals surface area contributed by atoms with E-state index in [0.29, 0.717) is 11.6 Å². The fourth-order valence-electron chi connectivity index (χ4n) is 2.75. The maximum absolute atomic E-state index is 12.0. The summed E-state index contributed by atoms with van der Waals surface area (Å²) >= 11 is 0. The van der Waals surface area contributed by atoms with Gasteiger partial charge in [-0.05, 0) is 12.5 Å². The van der Waals surface area contributed by atoms with Gasteiger partial charge in [0.1, 0.15) is 5.69 Å². The van der Waals surface area contributed by atoms with Gasteiger partial charge in [-0.1, -0.05) is 0 Å². The largest absolute Gasteiger partial charge is 0.376 e. The van der Waals surface area contributed by atoms with E-state index in [0.717, 1.165) is 13.0 Å². The van der Waals surface area contributed by atoms with E-state index in [1.165, 1.54) is 0 Å². The Morgan fingerprint density at radius 2 is 2.53 bits per heavy atom. The molecule has 0 aromatic carbocycles. The lowest BCUT2D eigenvalue weighted by atomic mass is 9.72. The standard InChI is InChI=1S/C11H16N4O2/c1-15-7(2-4-13-15)11(16)14-9-8(12)6-3-5-17-10(6)9/h2,4,6,8-10H,3,5,12H2,1H3,(H,14,16). The molecule has 1 saturated heterocycles. The zero-order valence-electron chi connectivity index (χ0n) is 9.67. The number of hydrogen-bond donors (Lipinski definition) is 2. The number of amides is 1. The van der Waals surface area contributed by atoms with Crippen molar-refractivity contribution in [3.63, 3.8) is 0 Å². The predicted octanol–water partition coefficient (Wildman–Crippen LogP) is -0.735. The average molecular weight is 236 g/mol. The Morgan fingerprint density at radius 1 is 1.71 bits per heavy atom. The third-order valence-corrected chi connectivity index (χ3v) is 3.80. The molecule has 3 rings (SSSR count). The van der Waals surface area contributed by atoms with E-state index < -0.39 is 0 Å². The van der Waals surface area contributed by atoms with Crippen LogP contribution >= 0.6 is 0 Å². The van der Waals surface area contributed by atoms with Crippen molar-refractivity contribution in [1.29, 1.82) is 0 Å². The fraction of sp³-hybridized carbons (Fsp3) is 0.636. The smallest absolute Gasteiger partial charge is 0.269 e. The van der Waals surface area contributed by atoms with Gasteiger partial charge < -0.3 is 15.8 Å². The molecule has 4 atom stereocenters. The van der Waals surface area contributed by atoms with Crippen LogP contribution in [0, 0.1) is 5.92 Å². The molecule has 2 fully saturated rings. The predicted molar refractivity (Wildman–Crippen MR) is 60.3 cm³/mol. The van der Waals surface area contributed by atoms with E-state index in [4.69, 9.17) is 10.5 Å². The summed E-state index contributed by atoms with van der Waals surface area (Å²) in [5.41, 5.74) is 6.57. The first-order valence-electron chi connectivity index (χ1n) is 5.84. The number of ether oxygens (including phenoxy) is 1. The molecule has 4 unspecified atom stereocenters. The van der Waals surface area contributed by atoms with Gasteiger partial charge in [-0.2, -0.15) is 5.10 Å². The summed E-state index contributed by atoms with van der Waals surface area (Å²) in [5.74, 6) is 0.270. The third kappa shape index (κ3) is 1.56. The van der Waals surface area contributed by atoms with Crippen molar-refractivity contribution in [3.05, 3.63) is 18.0 Å². The SMILES string of the molecule is Cn1nccc1C(=O)NC1C(N)C2CCOC21. The lowest BCUT2D eigenvalue weighted by Gasteiger charge is -2.45. The van der Waals surface area contributed by atoms with Gasteiger partial charge >= 0.3 is 0 Å². The lowest BCUT2D eigenvalue weighted by Crippen LogP contribution is -2.69. The van der Waals surface area contributed by atoms with Crippen LogP contribution in [0.1, 0.15) is 16.9 Å². The van der Waals surface area contributed by atoms with Gasteiger partial charge in [0.05, 0.1) is 12.1 Å². The minimum atomic E-state index is -0.139. The van der Waals surface area contributed by atoms with Crippen LogP contribution in [0.2, 0.25) is 0 Å². The number of hydrogen-bond acceptors (Lipinski definition) is 4. The molecule has 0 bridgehead atoms. The topological polar surface area (TPSA) is 82.2 Å². The normalized spacial score (nSPS) is 35.2. The molecule has 6 heteroatoms. The number of nitrogens with zero attached hydrogens (tertiary/aromatic N) is 2. The summed E-state index contributed by atoms with van der Waals surface area (Å²) in [6.45, 7) is 0.751. The average Bonchev–Trinajstić information content (AvgIpc) is 2.91. The molecule has 2 aliphatic rings. The number of nitrogens with one attached hydrogen (secondary N) is 1. The first kappa shape index (κ1) is 10.7. The maximum Gasteiger partial charge on any atom is 0.269 e.